The molecule has 5 nitrogen and oxygen atoms in total. The highest BCUT2D eigenvalue weighted by molar-refractivity contribution is 6.30. The van der Waals surface area contributed by atoms with E-state index in [4.69, 9.17) is 21.1 Å². The van der Waals surface area contributed by atoms with Crippen LogP contribution in [0.2, 0.25) is 5.02 Å². The van der Waals surface area contributed by atoms with E-state index in [0.717, 1.165) is 0 Å². The van der Waals surface area contributed by atoms with Crippen molar-refractivity contribution in [2.75, 3.05) is 0 Å². The minimum Gasteiger partial charge on any atom is -0.466 e. The smallest absolute Gasteiger partial charge is 0.303 e. The third-order valence-corrected chi connectivity index (χ3v) is 3.55. The van der Waals surface area contributed by atoms with Crippen molar-refractivity contribution in [1.82, 2.24) is 9.55 Å². The van der Waals surface area contributed by atoms with Crippen LogP contribution >= 0.6 is 11.6 Å². The van der Waals surface area contributed by atoms with Crippen LogP contribution in [0.25, 0.3) is 0 Å². The molecule has 2 rings (SSSR count). The van der Waals surface area contributed by atoms with Crippen molar-refractivity contribution in [3.63, 3.8) is 0 Å². The summed E-state index contributed by atoms with van der Waals surface area (Å²) in [4.78, 5) is 15.6. The normalized spacial score (nSPS) is 14.1. The molecule has 124 valence electrons. The number of carbonyl (C=O) groups excluding carboxylic acids is 1. The van der Waals surface area contributed by atoms with Gasteiger partial charge in [0.1, 0.15) is 5.75 Å². The van der Waals surface area contributed by atoms with Gasteiger partial charge in [-0.15, -0.1) is 0 Å². The largest absolute Gasteiger partial charge is 0.466 e. The van der Waals surface area contributed by atoms with Gasteiger partial charge in [0.2, 0.25) is 6.23 Å². The molecule has 2 unspecified atom stereocenters. The second kappa shape index (κ2) is 7.04. The van der Waals surface area contributed by atoms with E-state index in [9.17, 15) is 4.79 Å². The molecule has 23 heavy (non-hydrogen) atoms. The molecular formula is C17H21ClN2O3. The Hall–Kier alpha value is -2.01. The predicted octanol–water partition coefficient (Wildman–Crippen LogP) is 4.09. The van der Waals surface area contributed by atoms with E-state index in [1.807, 2.05) is 20.8 Å². The Morgan fingerprint density at radius 3 is 2.39 bits per heavy atom. The number of carbonyl (C=O) groups is 1. The molecule has 0 N–H and O–H groups in total. The average Bonchev–Trinajstić information content (AvgIpc) is 2.97. The fourth-order valence-corrected chi connectivity index (χ4v) is 2.32. The molecule has 0 aliphatic rings. The van der Waals surface area contributed by atoms with Crippen LogP contribution in [-0.2, 0) is 9.53 Å². The lowest BCUT2D eigenvalue weighted by Gasteiger charge is -2.36. The lowest BCUT2D eigenvalue weighted by molar-refractivity contribution is -0.165. The van der Waals surface area contributed by atoms with Gasteiger partial charge in [-0.3, -0.25) is 9.36 Å². The van der Waals surface area contributed by atoms with Gasteiger partial charge in [-0.1, -0.05) is 32.4 Å². The number of halogens is 1. The summed E-state index contributed by atoms with van der Waals surface area (Å²) in [7, 11) is 0. The van der Waals surface area contributed by atoms with Gasteiger partial charge in [-0.2, -0.15) is 0 Å². The first-order chi connectivity index (χ1) is 10.8. The first kappa shape index (κ1) is 17.3. The minimum atomic E-state index is -0.539. The molecule has 1 aromatic heterocycles. The monoisotopic (exact) mass is 336 g/mol. The summed E-state index contributed by atoms with van der Waals surface area (Å²) in [6.07, 6.45) is 4.05. The van der Waals surface area contributed by atoms with Gasteiger partial charge in [-0.25, -0.2) is 4.98 Å². The Morgan fingerprint density at radius 1 is 1.26 bits per heavy atom. The summed E-state index contributed by atoms with van der Waals surface area (Å²) in [5.74, 6) is 0.282. The highest BCUT2D eigenvalue weighted by Gasteiger charge is 2.37. The van der Waals surface area contributed by atoms with Crippen molar-refractivity contribution in [3.8, 4) is 5.75 Å². The Bertz CT molecular complexity index is 633. The Labute approximate surface area is 141 Å². The predicted molar refractivity (Wildman–Crippen MR) is 88.4 cm³/mol. The van der Waals surface area contributed by atoms with Crippen LogP contribution in [0.1, 0.15) is 33.9 Å². The number of nitrogens with zero attached hydrogens (tertiary/aromatic N) is 2. The number of benzene rings is 1. The average molecular weight is 337 g/mol. The number of hydrogen-bond acceptors (Lipinski definition) is 4. The molecule has 1 heterocycles. The highest BCUT2D eigenvalue weighted by Crippen LogP contribution is 2.33. The second-order valence-electron chi connectivity index (χ2n) is 6.37. The first-order valence-corrected chi connectivity index (χ1v) is 7.72. The molecule has 6 heteroatoms. The summed E-state index contributed by atoms with van der Waals surface area (Å²) < 4.78 is 13.4. The van der Waals surface area contributed by atoms with Crippen LogP contribution in [0.3, 0.4) is 0 Å². The SMILES string of the molecule is CC(=O)OC(C(Oc1ccc(Cl)cc1)n1ccnc1)C(C)(C)C. The molecule has 0 spiro atoms. The summed E-state index contributed by atoms with van der Waals surface area (Å²) in [5.41, 5.74) is -0.326. The number of imidazole rings is 1. The first-order valence-electron chi connectivity index (χ1n) is 7.34. The van der Waals surface area contributed by atoms with Gasteiger partial charge in [-0.05, 0) is 24.3 Å². The fraction of sp³-hybridized carbons (Fsp3) is 0.412. The standard InChI is InChI=1S/C17H21ClN2O3/c1-12(21)22-15(17(2,3)4)16(20-10-9-19-11-20)23-14-7-5-13(18)6-8-14/h5-11,15-16H,1-4H3. The lowest BCUT2D eigenvalue weighted by Crippen LogP contribution is -2.41. The van der Waals surface area contributed by atoms with Crippen LogP contribution in [-0.4, -0.2) is 21.6 Å². The van der Waals surface area contributed by atoms with E-state index >= 15 is 0 Å². The van der Waals surface area contributed by atoms with Crippen LogP contribution in [0, 0.1) is 5.41 Å². The number of hydrogen-bond donors (Lipinski definition) is 0. The topological polar surface area (TPSA) is 53.4 Å². The molecule has 0 bridgehead atoms. The van der Waals surface area contributed by atoms with Gasteiger partial charge >= 0.3 is 5.97 Å². The number of ether oxygens (including phenoxy) is 2. The van der Waals surface area contributed by atoms with Crippen molar-refractivity contribution >= 4 is 17.6 Å². The van der Waals surface area contributed by atoms with Gasteiger partial charge < -0.3 is 9.47 Å². The molecule has 0 amide bonds. The highest BCUT2D eigenvalue weighted by atomic mass is 35.5. The third-order valence-electron chi connectivity index (χ3n) is 3.29. The number of aromatic nitrogens is 2. The molecule has 2 aromatic rings. The molecular weight excluding hydrogens is 316 g/mol. The maximum atomic E-state index is 11.6. The Kier molecular flexibility index (Phi) is 5.31. The van der Waals surface area contributed by atoms with Gasteiger partial charge in [0.05, 0.1) is 6.33 Å². The molecule has 0 fully saturated rings. The van der Waals surface area contributed by atoms with E-state index in [1.165, 1.54) is 6.92 Å². The van der Waals surface area contributed by atoms with Crippen LogP contribution < -0.4 is 4.74 Å². The Balaban J connectivity index is 2.36. The zero-order valence-electron chi connectivity index (χ0n) is 13.7. The summed E-state index contributed by atoms with van der Waals surface area (Å²) in [5, 5.41) is 0.629. The quantitative estimate of drug-likeness (QED) is 0.772. The zero-order chi connectivity index (χ0) is 17.0. The van der Waals surface area contributed by atoms with Crippen molar-refractivity contribution < 1.29 is 14.3 Å². The maximum Gasteiger partial charge on any atom is 0.303 e. The maximum absolute atomic E-state index is 11.6. The lowest BCUT2D eigenvalue weighted by atomic mass is 9.87. The van der Waals surface area contributed by atoms with Gasteiger partial charge in [0.15, 0.2) is 6.10 Å². The van der Waals surface area contributed by atoms with Crippen molar-refractivity contribution in [2.24, 2.45) is 5.41 Å². The summed E-state index contributed by atoms with van der Waals surface area (Å²) in [6, 6.07) is 7.05. The van der Waals surface area contributed by atoms with Crippen molar-refractivity contribution in [1.29, 1.82) is 0 Å². The number of rotatable bonds is 5. The molecule has 1 aromatic carbocycles. The van der Waals surface area contributed by atoms with E-state index in [0.29, 0.717) is 10.8 Å². The van der Waals surface area contributed by atoms with E-state index in [2.05, 4.69) is 4.98 Å². The van der Waals surface area contributed by atoms with E-state index in [1.54, 1.807) is 47.6 Å². The van der Waals surface area contributed by atoms with Crippen molar-refractivity contribution in [3.05, 3.63) is 48.0 Å². The molecule has 0 aliphatic heterocycles. The van der Waals surface area contributed by atoms with Crippen LogP contribution in [0.4, 0.5) is 0 Å². The Morgan fingerprint density at radius 2 is 1.91 bits per heavy atom. The fourth-order valence-electron chi connectivity index (χ4n) is 2.19. The third kappa shape index (κ3) is 4.73. The molecule has 0 saturated carbocycles. The zero-order valence-corrected chi connectivity index (χ0v) is 14.4. The summed E-state index contributed by atoms with van der Waals surface area (Å²) >= 11 is 5.91. The number of esters is 1. The van der Waals surface area contributed by atoms with Gasteiger partial charge in [0.25, 0.3) is 0 Å². The minimum absolute atomic E-state index is 0.326. The van der Waals surface area contributed by atoms with Crippen LogP contribution in [0.5, 0.6) is 5.75 Å². The van der Waals surface area contributed by atoms with E-state index < -0.39 is 12.3 Å². The van der Waals surface area contributed by atoms with Crippen LogP contribution in [0.15, 0.2) is 43.0 Å². The van der Waals surface area contributed by atoms with Crippen molar-refractivity contribution in [2.45, 2.75) is 40.0 Å². The molecule has 0 saturated heterocycles. The molecule has 2 atom stereocenters. The second-order valence-corrected chi connectivity index (χ2v) is 6.80. The van der Waals surface area contributed by atoms with Gasteiger partial charge in [0, 0.05) is 29.8 Å². The molecule has 0 radical (unpaired) electrons. The summed E-state index contributed by atoms with van der Waals surface area (Å²) in [6.45, 7) is 7.38. The molecule has 0 aliphatic carbocycles. The van der Waals surface area contributed by atoms with E-state index in [-0.39, 0.29) is 11.4 Å².